The first-order valence-corrected chi connectivity index (χ1v) is 8.48. The number of H-pyrrole nitrogens is 1. The molecule has 3 aromatic heterocycles. The summed E-state index contributed by atoms with van der Waals surface area (Å²) >= 11 is 0. The van der Waals surface area contributed by atoms with Gasteiger partial charge in [-0.2, -0.15) is 5.10 Å². The second-order valence-electron chi connectivity index (χ2n) is 6.37. The molecule has 8 nitrogen and oxygen atoms in total. The Kier molecular flexibility index (Phi) is 4.26. The molecule has 1 aliphatic rings. The number of pyridine rings is 1. The van der Waals surface area contributed by atoms with Crippen molar-refractivity contribution in [1.29, 1.82) is 0 Å². The summed E-state index contributed by atoms with van der Waals surface area (Å²) in [5.74, 6) is 0.743. The van der Waals surface area contributed by atoms with E-state index in [1.165, 1.54) is 0 Å². The van der Waals surface area contributed by atoms with Gasteiger partial charge in [0, 0.05) is 37.7 Å². The Hall–Kier alpha value is -3.00. The Balaban J connectivity index is 1.51. The molecule has 4 rings (SSSR count). The Morgan fingerprint density at radius 2 is 2.31 bits per heavy atom. The molecule has 1 atom stereocenters. The highest BCUT2D eigenvalue weighted by molar-refractivity contribution is 5.93. The van der Waals surface area contributed by atoms with Gasteiger partial charge in [0.15, 0.2) is 0 Å². The number of morpholine rings is 1. The summed E-state index contributed by atoms with van der Waals surface area (Å²) in [6, 6.07) is 5.51. The molecule has 1 fully saturated rings. The van der Waals surface area contributed by atoms with Gasteiger partial charge in [0.2, 0.25) is 0 Å². The smallest absolute Gasteiger partial charge is 0.272 e. The minimum atomic E-state index is -0.230. The van der Waals surface area contributed by atoms with E-state index in [1.807, 2.05) is 36.9 Å². The van der Waals surface area contributed by atoms with E-state index in [9.17, 15) is 4.79 Å². The van der Waals surface area contributed by atoms with Crippen LogP contribution in [0.2, 0.25) is 0 Å². The molecule has 0 radical (unpaired) electrons. The fourth-order valence-electron chi connectivity index (χ4n) is 3.19. The number of aromatic nitrogens is 5. The topological polar surface area (TPSA) is 88.9 Å². The Morgan fingerprint density at radius 3 is 3.04 bits per heavy atom. The van der Waals surface area contributed by atoms with Gasteiger partial charge in [0.05, 0.1) is 24.5 Å². The van der Waals surface area contributed by atoms with Gasteiger partial charge >= 0.3 is 0 Å². The fourth-order valence-corrected chi connectivity index (χ4v) is 3.19. The summed E-state index contributed by atoms with van der Waals surface area (Å²) in [4.78, 5) is 23.2. The van der Waals surface area contributed by atoms with E-state index in [4.69, 9.17) is 4.74 Å². The van der Waals surface area contributed by atoms with Gasteiger partial charge in [-0.15, -0.1) is 0 Å². The summed E-state index contributed by atoms with van der Waals surface area (Å²) in [6.07, 6.45) is 5.15. The van der Waals surface area contributed by atoms with Crippen LogP contribution in [0.3, 0.4) is 0 Å². The molecule has 1 saturated heterocycles. The van der Waals surface area contributed by atoms with Crippen molar-refractivity contribution in [3.63, 3.8) is 0 Å². The molecule has 0 bridgehead atoms. The fraction of sp³-hybridized carbons (Fsp3) is 0.333. The molecule has 1 amide bonds. The first-order valence-electron chi connectivity index (χ1n) is 8.48. The molecule has 4 heterocycles. The van der Waals surface area contributed by atoms with E-state index in [0.717, 1.165) is 17.1 Å². The van der Waals surface area contributed by atoms with Crippen molar-refractivity contribution in [2.75, 3.05) is 19.7 Å². The monoisotopic (exact) mass is 352 g/mol. The lowest BCUT2D eigenvalue weighted by Gasteiger charge is -2.32. The number of nitrogens with one attached hydrogen (secondary N) is 1. The molecule has 0 spiro atoms. The van der Waals surface area contributed by atoms with Crippen molar-refractivity contribution < 1.29 is 9.53 Å². The molecule has 8 heteroatoms. The highest BCUT2D eigenvalue weighted by Crippen LogP contribution is 2.23. The minimum Gasteiger partial charge on any atom is -0.367 e. The van der Waals surface area contributed by atoms with Gasteiger partial charge in [-0.25, -0.2) is 4.98 Å². The SMILES string of the molecule is Cc1cn(C)c([C@@H]2CN(C(=O)c3cc(-c4cccnc4)n[nH]3)CCO2)n1. The summed E-state index contributed by atoms with van der Waals surface area (Å²) < 4.78 is 7.79. The van der Waals surface area contributed by atoms with Crippen LogP contribution in [0.1, 0.15) is 28.1 Å². The number of carbonyl (C=O) groups excluding carboxylic acids is 1. The normalized spacial score (nSPS) is 17.5. The number of amides is 1. The molecule has 0 aromatic carbocycles. The van der Waals surface area contributed by atoms with Crippen LogP contribution in [0, 0.1) is 6.92 Å². The number of carbonyl (C=O) groups is 1. The van der Waals surface area contributed by atoms with Crippen molar-refractivity contribution in [2.45, 2.75) is 13.0 Å². The molecule has 0 saturated carbocycles. The number of aromatic amines is 1. The lowest BCUT2D eigenvalue weighted by Crippen LogP contribution is -2.43. The van der Waals surface area contributed by atoms with Crippen molar-refractivity contribution in [2.24, 2.45) is 7.05 Å². The van der Waals surface area contributed by atoms with Gasteiger partial charge in [0.25, 0.3) is 5.91 Å². The number of hydrogen-bond acceptors (Lipinski definition) is 5. The van der Waals surface area contributed by atoms with E-state index in [1.54, 1.807) is 23.4 Å². The zero-order valence-electron chi connectivity index (χ0n) is 14.7. The number of ether oxygens (including phenoxy) is 1. The van der Waals surface area contributed by atoms with E-state index in [-0.39, 0.29) is 12.0 Å². The van der Waals surface area contributed by atoms with Crippen molar-refractivity contribution in [1.82, 2.24) is 29.6 Å². The molecule has 134 valence electrons. The predicted molar refractivity (Wildman–Crippen MR) is 94.4 cm³/mol. The van der Waals surface area contributed by atoms with E-state index < -0.39 is 0 Å². The van der Waals surface area contributed by atoms with Crippen LogP contribution in [-0.2, 0) is 11.8 Å². The second-order valence-corrected chi connectivity index (χ2v) is 6.37. The van der Waals surface area contributed by atoms with E-state index in [0.29, 0.717) is 31.1 Å². The molecule has 3 aromatic rings. The highest BCUT2D eigenvalue weighted by Gasteiger charge is 2.29. The van der Waals surface area contributed by atoms with Gasteiger partial charge in [-0.1, -0.05) is 0 Å². The molecule has 1 N–H and O–H groups in total. The summed E-state index contributed by atoms with van der Waals surface area (Å²) in [5, 5.41) is 7.08. The number of aryl methyl sites for hydroxylation is 2. The average Bonchev–Trinajstić information content (AvgIpc) is 3.28. The lowest BCUT2D eigenvalue weighted by atomic mass is 10.2. The molecule has 1 aliphatic heterocycles. The van der Waals surface area contributed by atoms with Gasteiger partial charge < -0.3 is 14.2 Å². The maximum Gasteiger partial charge on any atom is 0.272 e. The van der Waals surface area contributed by atoms with Gasteiger partial charge in [-0.05, 0) is 25.1 Å². The van der Waals surface area contributed by atoms with Crippen LogP contribution >= 0.6 is 0 Å². The molecule has 0 aliphatic carbocycles. The second kappa shape index (κ2) is 6.72. The van der Waals surface area contributed by atoms with E-state index >= 15 is 0 Å². The van der Waals surface area contributed by atoms with Crippen LogP contribution in [0.15, 0.2) is 36.8 Å². The molecular weight excluding hydrogens is 332 g/mol. The maximum absolute atomic E-state index is 12.9. The van der Waals surface area contributed by atoms with Crippen molar-refractivity contribution in [3.8, 4) is 11.3 Å². The first kappa shape index (κ1) is 16.5. The summed E-state index contributed by atoms with van der Waals surface area (Å²) in [5.41, 5.74) is 2.96. The average molecular weight is 352 g/mol. The number of rotatable bonds is 3. The quantitative estimate of drug-likeness (QED) is 0.775. The summed E-state index contributed by atoms with van der Waals surface area (Å²) in [7, 11) is 1.94. The summed E-state index contributed by atoms with van der Waals surface area (Å²) in [6.45, 7) is 3.43. The lowest BCUT2D eigenvalue weighted by molar-refractivity contribution is -0.0281. The van der Waals surface area contributed by atoms with Gasteiger partial charge in [-0.3, -0.25) is 14.9 Å². The largest absolute Gasteiger partial charge is 0.367 e. The Bertz CT molecular complexity index is 917. The van der Waals surface area contributed by atoms with Crippen LogP contribution in [-0.4, -0.2) is 55.2 Å². The van der Waals surface area contributed by atoms with Crippen LogP contribution in [0.4, 0.5) is 0 Å². The van der Waals surface area contributed by atoms with Crippen LogP contribution in [0.5, 0.6) is 0 Å². The number of imidazole rings is 1. The third kappa shape index (κ3) is 3.11. The number of hydrogen-bond donors (Lipinski definition) is 1. The van der Waals surface area contributed by atoms with E-state index in [2.05, 4.69) is 20.2 Å². The number of nitrogens with zero attached hydrogens (tertiary/aromatic N) is 5. The minimum absolute atomic E-state index is 0.0909. The standard InChI is InChI=1S/C18H20N6O2/c1-12-10-23(2)17(20-12)16-11-24(6-7-26-16)18(25)15-8-14(21-22-15)13-4-3-5-19-9-13/h3-5,8-10,16H,6-7,11H2,1-2H3,(H,21,22)/t16-/m0/s1. The van der Waals surface area contributed by atoms with Crippen LogP contribution in [0.25, 0.3) is 11.3 Å². The van der Waals surface area contributed by atoms with Gasteiger partial charge in [0.1, 0.15) is 17.6 Å². The van der Waals surface area contributed by atoms with Crippen LogP contribution < -0.4 is 0 Å². The third-order valence-corrected chi connectivity index (χ3v) is 4.44. The molecule has 0 unspecified atom stereocenters. The van der Waals surface area contributed by atoms with Crippen molar-refractivity contribution in [3.05, 3.63) is 54.0 Å². The predicted octanol–water partition coefficient (Wildman–Crippen LogP) is 1.73. The first-order chi connectivity index (χ1) is 12.6. The van der Waals surface area contributed by atoms with Crippen molar-refractivity contribution >= 4 is 5.91 Å². The zero-order valence-corrected chi connectivity index (χ0v) is 14.7. The highest BCUT2D eigenvalue weighted by atomic mass is 16.5. The molecular formula is C18H20N6O2. The Labute approximate surface area is 150 Å². The maximum atomic E-state index is 12.9. The Morgan fingerprint density at radius 1 is 1.42 bits per heavy atom. The third-order valence-electron chi connectivity index (χ3n) is 4.44. The molecule has 26 heavy (non-hydrogen) atoms. The zero-order chi connectivity index (χ0) is 18.1.